The first-order chi connectivity index (χ1) is 8.04. The van der Waals surface area contributed by atoms with Crippen LogP contribution in [0.4, 0.5) is 5.82 Å². The maximum Gasteiger partial charge on any atom is 0.169 e. The molecule has 5 heteroatoms. The number of anilines is 1. The van der Waals surface area contributed by atoms with E-state index in [2.05, 4.69) is 28.1 Å². The zero-order valence-corrected chi connectivity index (χ0v) is 10.4. The molecular weight excluding hydrogens is 214 g/mol. The number of nitrogens with zero attached hydrogens (tertiary/aromatic N) is 4. The Kier molecular flexibility index (Phi) is 2.99. The van der Waals surface area contributed by atoms with E-state index in [4.69, 9.17) is 5.73 Å². The summed E-state index contributed by atoms with van der Waals surface area (Å²) >= 11 is 0. The van der Waals surface area contributed by atoms with Crippen molar-refractivity contribution < 1.29 is 0 Å². The molecule has 0 radical (unpaired) electrons. The summed E-state index contributed by atoms with van der Waals surface area (Å²) in [6, 6.07) is 2.37. The molecule has 0 saturated carbocycles. The third kappa shape index (κ3) is 1.96. The van der Waals surface area contributed by atoms with Crippen molar-refractivity contribution >= 4 is 5.82 Å². The van der Waals surface area contributed by atoms with E-state index in [0.717, 1.165) is 24.3 Å². The maximum absolute atomic E-state index is 9.24. The molecule has 5 nitrogen and oxygen atoms in total. The van der Waals surface area contributed by atoms with Crippen molar-refractivity contribution in [3.05, 3.63) is 16.8 Å². The first kappa shape index (κ1) is 11.8. The Morgan fingerprint density at radius 3 is 2.59 bits per heavy atom. The number of rotatable bonds is 1. The second-order valence-corrected chi connectivity index (χ2v) is 4.77. The van der Waals surface area contributed by atoms with Gasteiger partial charge in [0.15, 0.2) is 5.82 Å². The minimum absolute atomic E-state index is 0.143. The molecule has 2 rings (SSSR count). The van der Waals surface area contributed by atoms with Crippen LogP contribution in [0.1, 0.15) is 23.7 Å². The van der Waals surface area contributed by atoms with Gasteiger partial charge in [-0.2, -0.15) is 10.4 Å². The number of hydrogen-bond acceptors (Lipinski definition) is 5. The molecule has 1 saturated heterocycles. The van der Waals surface area contributed by atoms with Gasteiger partial charge in [0.2, 0.25) is 0 Å². The second-order valence-electron chi connectivity index (χ2n) is 4.77. The fourth-order valence-corrected chi connectivity index (χ4v) is 2.12. The molecule has 0 aromatic carbocycles. The number of nitrogens with two attached hydrogens (primary N) is 1. The number of aryl methyl sites for hydroxylation is 1. The van der Waals surface area contributed by atoms with Crippen LogP contribution in [0.5, 0.6) is 0 Å². The van der Waals surface area contributed by atoms with Crippen molar-refractivity contribution in [2.45, 2.75) is 26.8 Å². The lowest BCUT2D eigenvalue weighted by atomic mass is 10.1. The predicted molar refractivity (Wildman–Crippen MR) is 65.6 cm³/mol. The summed E-state index contributed by atoms with van der Waals surface area (Å²) in [6.07, 6.45) is 0. The third-order valence-electron chi connectivity index (χ3n) is 3.52. The lowest BCUT2D eigenvalue weighted by Gasteiger charge is -2.18. The van der Waals surface area contributed by atoms with Crippen LogP contribution in [0.3, 0.4) is 0 Å². The molecule has 0 aliphatic carbocycles. The van der Waals surface area contributed by atoms with Crippen molar-refractivity contribution in [3.63, 3.8) is 0 Å². The van der Waals surface area contributed by atoms with Gasteiger partial charge in [-0.05, 0) is 25.3 Å². The van der Waals surface area contributed by atoms with E-state index in [0.29, 0.717) is 17.3 Å². The minimum atomic E-state index is 0.143. The Morgan fingerprint density at radius 1 is 1.35 bits per heavy atom. The molecule has 2 atom stereocenters. The molecule has 17 heavy (non-hydrogen) atoms. The van der Waals surface area contributed by atoms with E-state index in [-0.39, 0.29) is 6.04 Å². The van der Waals surface area contributed by atoms with Gasteiger partial charge in [-0.25, -0.2) is 0 Å². The Bertz CT molecular complexity index is 467. The zero-order chi connectivity index (χ0) is 12.6. The van der Waals surface area contributed by atoms with Crippen molar-refractivity contribution in [1.29, 1.82) is 5.26 Å². The second kappa shape index (κ2) is 4.30. The van der Waals surface area contributed by atoms with Crippen LogP contribution in [0.2, 0.25) is 0 Å². The molecule has 90 valence electrons. The summed E-state index contributed by atoms with van der Waals surface area (Å²) < 4.78 is 0. The van der Waals surface area contributed by atoms with Gasteiger partial charge in [0.05, 0.1) is 5.69 Å². The SMILES string of the molecule is Cc1nnc(N2CC(C)C(N)C2)c(C#N)c1C. The molecule has 0 bridgehead atoms. The summed E-state index contributed by atoms with van der Waals surface area (Å²) in [6.45, 7) is 7.47. The van der Waals surface area contributed by atoms with Gasteiger partial charge in [0, 0.05) is 19.1 Å². The first-order valence-electron chi connectivity index (χ1n) is 5.79. The van der Waals surface area contributed by atoms with Gasteiger partial charge in [0.1, 0.15) is 11.6 Å². The van der Waals surface area contributed by atoms with Crippen LogP contribution >= 0.6 is 0 Å². The summed E-state index contributed by atoms with van der Waals surface area (Å²) in [5.41, 5.74) is 8.33. The average molecular weight is 231 g/mol. The highest BCUT2D eigenvalue weighted by atomic mass is 15.3. The minimum Gasteiger partial charge on any atom is -0.352 e. The standard InChI is InChI=1S/C12H17N5/c1-7-5-17(6-11(7)14)12-10(4-13)8(2)9(3)15-16-12/h7,11H,5-6,14H2,1-3H3. The average Bonchev–Trinajstić information content (AvgIpc) is 2.62. The Labute approximate surface area is 101 Å². The number of aromatic nitrogens is 2. The topological polar surface area (TPSA) is 78.8 Å². The summed E-state index contributed by atoms with van der Waals surface area (Å²) in [5.74, 6) is 1.10. The van der Waals surface area contributed by atoms with E-state index in [1.807, 2.05) is 13.8 Å². The van der Waals surface area contributed by atoms with Crippen molar-refractivity contribution in [2.24, 2.45) is 11.7 Å². The zero-order valence-electron chi connectivity index (χ0n) is 10.4. The highest BCUT2D eigenvalue weighted by Gasteiger charge is 2.29. The monoisotopic (exact) mass is 231 g/mol. The molecule has 2 heterocycles. The number of nitriles is 1. The number of hydrogen-bond donors (Lipinski definition) is 1. The van der Waals surface area contributed by atoms with Crippen LogP contribution in [0, 0.1) is 31.1 Å². The van der Waals surface area contributed by atoms with E-state index in [1.54, 1.807) is 0 Å². The largest absolute Gasteiger partial charge is 0.352 e. The van der Waals surface area contributed by atoms with Crippen LogP contribution in [-0.2, 0) is 0 Å². The van der Waals surface area contributed by atoms with Gasteiger partial charge in [-0.1, -0.05) is 6.92 Å². The van der Waals surface area contributed by atoms with E-state index in [9.17, 15) is 5.26 Å². The molecule has 2 unspecified atom stereocenters. The molecule has 1 aliphatic heterocycles. The quantitative estimate of drug-likeness (QED) is 0.771. The Balaban J connectivity index is 2.41. The predicted octanol–water partition coefficient (Wildman–Crippen LogP) is 0.749. The van der Waals surface area contributed by atoms with Crippen LogP contribution < -0.4 is 10.6 Å². The fraction of sp³-hybridized carbons (Fsp3) is 0.583. The molecule has 1 fully saturated rings. The van der Waals surface area contributed by atoms with Crippen molar-refractivity contribution in [3.8, 4) is 6.07 Å². The van der Waals surface area contributed by atoms with Gasteiger partial charge < -0.3 is 10.6 Å². The lowest BCUT2D eigenvalue weighted by Crippen LogP contribution is -2.29. The summed E-state index contributed by atoms with van der Waals surface area (Å²) in [4.78, 5) is 2.06. The van der Waals surface area contributed by atoms with Crippen LogP contribution in [-0.4, -0.2) is 29.3 Å². The maximum atomic E-state index is 9.24. The molecule has 1 aromatic rings. The highest BCUT2D eigenvalue weighted by molar-refractivity contribution is 5.58. The van der Waals surface area contributed by atoms with Gasteiger partial charge in [0.25, 0.3) is 0 Å². The molecule has 1 aliphatic rings. The normalized spacial score (nSPS) is 23.8. The smallest absolute Gasteiger partial charge is 0.169 e. The van der Waals surface area contributed by atoms with E-state index < -0.39 is 0 Å². The highest BCUT2D eigenvalue weighted by Crippen LogP contribution is 2.26. The summed E-state index contributed by atoms with van der Waals surface area (Å²) in [7, 11) is 0. The lowest BCUT2D eigenvalue weighted by molar-refractivity contribution is 0.566. The van der Waals surface area contributed by atoms with E-state index >= 15 is 0 Å². The van der Waals surface area contributed by atoms with Crippen molar-refractivity contribution in [2.75, 3.05) is 18.0 Å². The van der Waals surface area contributed by atoms with Crippen molar-refractivity contribution in [1.82, 2.24) is 10.2 Å². The molecule has 0 spiro atoms. The Hall–Kier alpha value is -1.67. The molecular formula is C12H17N5. The van der Waals surface area contributed by atoms with Gasteiger partial charge in [-0.15, -0.1) is 5.10 Å². The Morgan fingerprint density at radius 2 is 2.06 bits per heavy atom. The van der Waals surface area contributed by atoms with Crippen LogP contribution in [0.25, 0.3) is 0 Å². The molecule has 2 N–H and O–H groups in total. The van der Waals surface area contributed by atoms with Gasteiger partial charge in [-0.3, -0.25) is 0 Å². The van der Waals surface area contributed by atoms with Crippen LogP contribution in [0.15, 0.2) is 0 Å². The molecule has 1 aromatic heterocycles. The first-order valence-corrected chi connectivity index (χ1v) is 5.79. The fourth-order valence-electron chi connectivity index (χ4n) is 2.12. The van der Waals surface area contributed by atoms with E-state index in [1.165, 1.54) is 0 Å². The third-order valence-corrected chi connectivity index (χ3v) is 3.52. The molecule has 0 amide bonds. The van der Waals surface area contributed by atoms with Gasteiger partial charge >= 0.3 is 0 Å². The summed E-state index contributed by atoms with van der Waals surface area (Å²) in [5, 5.41) is 17.5.